The van der Waals surface area contributed by atoms with Crippen LogP contribution >= 0.6 is 11.6 Å². The number of rotatable bonds is 3. The molecule has 2 heterocycles. The highest BCUT2D eigenvalue weighted by Crippen LogP contribution is 2.30. The molecule has 0 amide bonds. The van der Waals surface area contributed by atoms with E-state index in [1.165, 1.54) is 16.6 Å². The third kappa shape index (κ3) is 2.69. The topological polar surface area (TPSA) is 96.5 Å². The Morgan fingerprint density at radius 1 is 1.58 bits per heavy atom. The molecule has 0 bridgehead atoms. The van der Waals surface area contributed by atoms with E-state index >= 15 is 0 Å². The molecule has 1 saturated heterocycles. The zero-order valence-corrected chi connectivity index (χ0v) is 12.0. The minimum Gasteiger partial charge on any atom is -0.396 e. The quantitative estimate of drug-likeness (QED) is 0.851. The normalized spacial score (nSPS) is 24.8. The van der Waals surface area contributed by atoms with E-state index in [2.05, 4.69) is 4.98 Å². The maximum atomic E-state index is 12.5. The number of nitrogen functional groups attached to an aromatic ring is 1. The van der Waals surface area contributed by atoms with E-state index in [0.29, 0.717) is 6.54 Å². The summed E-state index contributed by atoms with van der Waals surface area (Å²) in [5.74, 6) is -0.0132. The van der Waals surface area contributed by atoms with E-state index in [9.17, 15) is 13.5 Å². The highest BCUT2D eigenvalue weighted by molar-refractivity contribution is 7.89. The average Bonchev–Trinajstić information content (AvgIpc) is 2.74. The van der Waals surface area contributed by atoms with E-state index < -0.39 is 10.0 Å². The minimum absolute atomic E-state index is 0.0313. The fourth-order valence-corrected chi connectivity index (χ4v) is 4.11. The number of nitrogens with two attached hydrogens (primary N) is 1. The van der Waals surface area contributed by atoms with Gasteiger partial charge in [-0.1, -0.05) is 18.5 Å². The highest BCUT2D eigenvalue weighted by Gasteiger charge is 2.37. The lowest BCUT2D eigenvalue weighted by Gasteiger charge is -2.17. The van der Waals surface area contributed by atoms with Crippen LogP contribution in [0, 0.1) is 11.8 Å². The van der Waals surface area contributed by atoms with Gasteiger partial charge in [-0.05, 0) is 17.9 Å². The third-order valence-corrected chi connectivity index (χ3v) is 5.50. The van der Waals surface area contributed by atoms with Crippen LogP contribution in [0.5, 0.6) is 0 Å². The SMILES string of the molecule is C[C@@H]1CN(S(=O)(=O)c2cc(Cl)cnc2N)C[C@H]1CO. The van der Waals surface area contributed by atoms with Gasteiger partial charge in [0.25, 0.3) is 0 Å². The van der Waals surface area contributed by atoms with E-state index in [1.807, 2.05) is 6.92 Å². The van der Waals surface area contributed by atoms with Crippen molar-refractivity contribution in [3.63, 3.8) is 0 Å². The van der Waals surface area contributed by atoms with Crippen LogP contribution in [0.1, 0.15) is 6.92 Å². The number of aromatic nitrogens is 1. The van der Waals surface area contributed by atoms with Crippen LogP contribution in [0.2, 0.25) is 5.02 Å². The van der Waals surface area contributed by atoms with Crippen LogP contribution in [-0.2, 0) is 10.0 Å². The van der Waals surface area contributed by atoms with Gasteiger partial charge in [-0.25, -0.2) is 13.4 Å². The van der Waals surface area contributed by atoms with Crippen molar-refractivity contribution in [1.82, 2.24) is 9.29 Å². The van der Waals surface area contributed by atoms with Crippen molar-refractivity contribution in [3.05, 3.63) is 17.3 Å². The van der Waals surface area contributed by atoms with Gasteiger partial charge < -0.3 is 10.8 Å². The summed E-state index contributed by atoms with van der Waals surface area (Å²) < 4.78 is 26.3. The van der Waals surface area contributed by atoms with Crippen molar-refractivity contribution in [3.8, 4) is 0 Å². The van der Waals surface area contributed by atoms with Crippen LogP contribution in [0.4, 0.5) is 5.82 Å². The van der Waals surface area contributed by atoms with E-state index in [4.69, 9.17) is 17.3 Å². The van der Waals surface area contributed by atoms with Gasteiger partial charge in [0.15, 0.2) is 0 Å². The Morgan fingerprint density at radius 2 is 2.26 bits per heavy atom. The number of anilines is 1. The van der Waals surface area contributed by atoms with E-state index in [0.717, 1.165) is 0 Å². The van der Waals surface area contributed by atoms with Crippen molar-refractivity contribution in [1.29, 1.82) is 0 Å². The molecular weight excluding hydrogens is 290 g/mol. The Hall–Kier alpha value is -0.890. The molecule has 2 rings (SSSR count). The minimum atomic E-state index is -3.72. The first-order valence-corrected chi connectivity index (χ1v) is 7.70. The monoisotopic (exact) mass is 305 g/mol. The molecule has 0 saturated carbocycles. The average molecular weight is 306 g/mol. The molecule has 8 heteroatoms. The molecule has 0 radical (unpaired) electrons. The van der Waals surface area contributed by atoms with Gasteiger partial charge >= 0.3 is 0 Å². The number of pyridine rings is 1. The molecule has 1 aliphatic heterocycles. The van der Waals surface area contributed by atoms with Crippen molar-refractivity contribution in [2.75, 3.05) is 25.4 Å². The number of hydrogen-bond acceptors (Lipinski definition) is 5. The molecule has 0 unspecified atom stereocenters. The Labute approximate surface area is 117 Å². The molecule has 2 atom stereocenters. The summed E-state index contributed by atoms with van der Waals surface area (Å²) >= 11 is 5.77. The molecule has 0 aromatic carbocycles. The molecule has 19 heavy (non-hydrogen) atoms. The molecule has 1 aromatic heterocycles. The molecular formula is C11H16ClN3O3S. The maximum Gasteiger partial charge on any atom is 0.246 e. The summed E-state index contributed by atoms with van der Waals surface area (Å²) in [6, 6.07) is 1.30. The van der Waals surface area contributed by atoms with Gasteiger partial charge in [-0.2, -0.15) is 4.31 Å². The molecule has 6 nitrogen and oxygen atoms in total. The molecule has 1 fully saturated rings. The Kier molecular flexibility index (Phi) is 4.00. The number of sulfonamides is 1. The van der Waals surface area contributed by atoms with Gasteiger partial charge in [-0.3, -0.25) is 0 Å². The number of aliphatic hydroxyl groups excluding tert-OH is 1. The van der Waals surface area contributed by atoms with Crippen LogP contribution in [-0.4, -0.2) is 42.5 Å². The van der Waals surface area contributed by atoms with E-state index in [1.54, 1.807) is 0 Å². The Morgan fingerprint density at radius 3 is 2.84 bits per heavy atom. The largest absolute Gasteiger partial charge is 0.396 e. The maximum absolute atomic E-state index is 12.5. The first kappa shape index (κ1) is 14.5. The van der Waals surface area contributed by atoms with Crippen molar-refractivity contribution < 1.29 is 13.5 Å². The lowest BCUT2D eigenvalue weighted by Crippen LogP contribution is -2.30. The lowest BCUT2D eigenvalue weighted by molar-refractivity contribution is 0.210. The van der Waals surface area contributed by atoms with Crippen molar-refractivity contribution in [2.24, 2.45) is 11.8 Å². The molecule has 3 N–H and O–H groups in total. The second-order valence-electron chi connectivity index (χ2n) is 4.78. The third-order valence-electron chi connectivity index (χ3n) is 3.44. The molecule has 1 aliphatic rings. The summed E-state index contributed by atoms with van der Waals surface area (Å²) in [6.07, 6.45) is 1.30. The first-order valence-electron chi connectivity index (χ1n) is 5.88. The van der Waals surface area contributed by atoms with E-state index in [-0.39, 0.29) is 40.7 Å². The predicted octanol–water partition coefficient (Wildman–Crippen LogP) is 0.566. The van der Waals surface area contributed by atoms with Gasteiger partial charge in [0.05, 0.1) is 5.02 Å². The smallest absolute Gasteiger partial charge is 0.246 e. The van der Waals surface area contributed by atoms with Crippen molar-refractivity contribution in [2.45, 2.75) is 11.8 Å². The fourth-order valence-electron chi connectivity index (χ4n) is 2.20. The lowest BCUT2D eigenvalue weighted by atomic mass is 10.00. The van der Waals surface area contributed by atoms with Gasteiger partial charge in [0.2, 0.25) is 10.0 Å². The number of hydrogen-bond donors (Lipinski definition) is 2. The predicted molar refractivity (Wildman–Crippen MR) is 72.2 cm³/mol. The summed E-state index contributed by atoms with van der Waals surface area (Å²) in [6.45, 7) is 2.53. The summed E-state index contributed by atoms with van der Waals surface area (Å²) in [7, 11) is -3.72. The molecule has 1 aromatic rings. The second-order valence-corrected chi connectivity index (χ2v) is 7.12. The fraction of sp³-hybridized carbons (Fsp3) is 0.545. The number of halogens is 1. The Balaban J connectivity index is 2.36. The number of nitrogens with zero attached hydrogens (tertiary/aromatic N) is 2. The Bertz CT molecular complexity index is 579. The summed E-state index contributed by atoms with van der Waals surface area (Å²) in [5.41, 5.74) is 5.62. The van der Waals surface area contributed by atoms with Crippen LogP contribution in [0.3, 0.4) is 0 Å². The highest BCUT2D eigenvalue weighted by atomic mass is 35.5. The van der Waals surface area contributed by atoms with Gasteiger partial charge in [-0.15, -0.1) is 0 Å². The second kappa shape index (κ2) is 5.24. The first-order chi connectivity index (χ1) is 8.86. The molecule has 0 spiro atoms. The zero-order chi connectivity index (χ0) is 14.2. The summed E-state index contributed by atoms with van der Waals surface area (Å²) in [5, 5.41) is 9.43. The van der Waals surface area contributed by atoms with Crippen LogP contribution in [0.25, 0.3) is 0 Å². The molecule has 106 valence electrons. The summed E-state index contributed by atoms with van der Waals surface area (Å²) in [4.78, 5) is 3.69. The van der Waals surface area contributed by atoms with Crippen LogP contribution in [0.15, 0.2) is 17.2 Å². The standard InChI is InChI=1S/C11H16ClN3O3S/c1-7-4-15(5-8(7)6-16)19(17,18)10-2-9(12)3-14-11(10)13/h2-3,7-8,16H,4-6H2,1H3,(H2,13,14)/t7-,8+/m1/s1. The van der Waals surface area contributed by atoms with Gasteiger partial charge in [0, 0.05) is 25.9 Å². The zero-order valence-electron chi connectivity index (χ0n) is 10.5. The molecule has 0 aliphatic carbocycles. The van der Waals surface area contributed by atoms with Crippen molar-refractivity contribution >= 4 is 27.4 Å². The van der Waals surface area contributed by atoms with Crippen LogP contribution < -0.4 is 5.73 Å². The van der Waals surface area contributed by atoms with Gasteiger partial charge in [0.1, 0.15) is 10.7 Å². The number of aliphatic hydroxyl groups is 1.